The number of nitrogens with one attached hydrogen (secondary N) is 2. The van der Waals surface area contributed by atoms with Gasteiger partial charge in [0.1, 0.15) is 17.8 Å². The Bertz CT molecular complexity index is 1240. The predicted octanol–water partition coefficient (Wildman–Crippen LogP) is 3.27. The molecule has 4 rings (SSSR count). The molecule has 0 saturated heterocycles. The van der Waals surface area contributed by atoms with E-state index < -0.39 is 0 Å². The minimum atomic E-state index is -0.260. The summed E-state index contributed by atoms with van der Waals surface area (Å²) in [5, 5.41) is 6.33. The maximum atomic E-state index is 12.1. The van der Waals surface area contributed by atoms with Gasteiger partial charge < -0.3 is 20.9 Å². The minimum Gasteiger partial charge on any atom is -0.383 e. The summed E-state index contributed by atoms with van der Waals surface area (Å²) >= 11 is 0. The number of rotatable bonds is 5. The van der Waals surface area contributed by atoms with Gasteiger partial charge in [-0.3, -0.25) is 9.59 Å². The van der Waals surface area contributed by atoms with Crippen LogP contribution in [0, 0.1) is 5.92 Å². The van der Waals surface area contributed by atoms with Crippen LogP contribution in [0.1, 0.15) is 24.8 Å². The van der Waals surface area contributed by atoms with Crippen molar-refractivity contribution in [3.63, 3.8) is 0 Å². The van der Waals surface area contributed by atoms with Crippen molar-refractivity contribution in [3.8, 4) is 11.3 Å². The maximum Gasteiger partial charge on any atom is 0.247 e. The number of anilines is 2. The Kier molecular flexibility index (Phi) is 5.77. The molecule has 0 radical (unpaired) electrons. The molecule has 1 aromatic carbocycles. The maximum absolute atomic E-state index is 12.1. The van der Waals surface area contributed by atoms with Crippen LogP contribution in [0.15, 0.2) is 49.3 Å². The molecular formula is C24H26N6O2. The number of benzene rings is 1. The number of aromatic nitrogens is 3. The monoisotopic (exact) mass is 430 g/mol. The van der Waals surface area contributed by atoms with Crippen molar-refractivity contribution in [2.45, 2.75) is 19.3 Å². The third-order valence-corrected chi connectivity index (χ3v) is 5.96. The highest BCUT2D eigenvalue weighted by atomic mass is 16.2. The van der Waals surface area contributed by atoms with Gasteiger partial charge in [0.05, 0.1) is 11.1 Å². The lowest BCUT2D eigenvalue weighted by Gasteiger charge is -2.21. The van der Waals surface area contributed by atoms with Crippen LogP contribution in [0.2, 0.25) is 0 Å². The topological polar surface area (TPSA) is 115 Å². The Morgan fingerprint density at radius 2 is 2.00 bits per heavy atom. The van der Waals surface area contributed by atoms with E-state index >= 15 is 0 Å². The molecule has 2 aromatic heterocycles. The number of nitrogens with zero attached hydrogens (tertiary/aromatic N) is 3. The number of hydrogen-bond donors (Lipinski definition) is 3. The van der Waals surface area contributed by atoms with E-state index in [4.69, 9.17) is 5.73 Å². The lowest BCUT2D eigenvalue weighted by Crippen LogP contribution is -2.28. The van der Waals surface area contributed by atoms with Crippen molar-refractivity contribution in [3.05, 3.63) is 54.9 Å². The number of aryl methyl sites for hydroxylation is 1. The zero-order valence-electron chi connectivity index (χ0n) is 18.2. The second-order valence-electron chi connectivity index (χ2n) is 7.83. The van der Waals surface area contributed by atoms with Gasteiger partial charge in [-0.05, 0) is 48.6 Å². The van der Waals surface area contributed by atoms with Gasteiger partial charge in [-0.1, -0.05) is 24.8 Å². The van der Waals surface area contributed by atoms with Gasteiger partial charge in [0, 0.05) is 31.3 Å². The number of nitrogen functional groups attached to an aromatic ring is 1. The molecule has 0 saturated carbocycles. The van der Waals surface area contributed by atoms with Gasteiger partial charge >= 0.3 is 0 Å². The molecule has 32 heavy (non-hydrogen) atoms. The molecule has 0 aliphatic heterocycles. The fourth-order valence-electron chi connectivity index (χ4n) is 4.33. The van der Waals surface area contributed by atoms with Crippen LogP contribution in [-0.2, 0) is 16.6 Å². The summed E-state index contributed by atoms with van der Waals surface area (Å²) < 4.78 is 2.02. The fraction of sp³-hybridized carbons (Fsp3) is 0.250. The molecule has 8 nitrogen and oxygen atoms in total. The van der Waals surface area contributed by atoms with Crippen molar-refractivity contribution in [1.82, 2.24) is 19.9 Å². The predicted molar refractivity (Wildman–Crippen MR) is 127 cm³/mol. The number of carbonyl (C=O) groups is 2. The Labute approximate surface area is 186 Å². The smallest absolute Gasteiger partial charge is 0.247 e. The molecule has 0 bridgehead atoms. The number of allylic oxidation sites excluding steroid dienone is 2. The molecule has 1 unspecified atom stereocenters. The molecule has 4 N–H and O–H groups in total. The fourth-order valence-corrected chi connectivity index (χ4v) is 4.33. The molecule has 0 fully saturated rings. The average molecular weight is 431 g/mol. The van der Waals surface area contributed by atoms with Crippen LogP contribution in [0.3, 0.4) is 0 Å². The lowest BCUT2D eigenvalue weighted by molar-refractivity contribution is -0.124. The second-order valence-corrected chi connectivity index (χ2v) is 7.83. The first kappa shape index (κ1) is 21.3. The largest absolute Gasteiger partial charge is 0.383 e. The first-order valence-electron chi connectivity index (χ1n) is 10.5. The zero-order chi connectivity index (χ0) is 22.8. The molecule has 2 heterocycles. The Hall–Kier alpha value is -3.94. The normalized spacial score (nSPS) is 15.8. The second kappa shape index (κ2) is 8.66. The number of fused-ring (bicyclic) bond motifs is 1. The Morgan fingerprint density at radius 3 is 2.62 bits per heavy atom. The standard InChI is InChI=1S/C24H26N6O2/c1-4-18(31)29-17-11-9-15(10-12-17)21-19(14-5-7-16(8-6-14)24(32)26-2)20-22(25)27-13-28-23(20)30(21)3/h4-5,9-13,16H,1,6-8H2,2-3H3,(H,26,32)(H,29,31)(H2,25,27,28). The first-order chi connectivity index (χ1) is 15.4. The summed E-state index contributed by atoms with van der Waals surface area (Å²) in [6.45, 7) is 3.48. The molecule has 1 atom stereocenters. The summed E-state index contributed by atoms with van der Waals surface area (Å²) in [5.74, 6) is 0.210. The highest BCUT2D eigenvalue weighted by Crippen LogP contribution is 2.42. The third kappa shape index (κ3) is 3.75. The quantitative estimate of drug-likeness (QED) is 0.538. The van der Waals surface area contributed by atoms with Gasteiger partial charge in [0.25, 0.3) is 0 Å². The van der Waals surface area contributed by atoms with E-state index in [9.17, 15) is 9.59 Å². The van der Waals surface area contributed by atoms with Crippen LogP contribution in [0.5, 0.6) is 0 Å². The number of carbonyl (C=O) groups excluding carboxylic acids is 2. The molecule has 8 heteroatoms. The van der Waals surface area contributed by atoms with Crippen molar-refractivity contribution in [2.75, 3.05) is 18.1 Å². The van der Waals surface area contributed by atoms with Gasteiger partial charge in [-0.15, -0.1) is 0 Å². The summed E-state index contributed by atoms with van der Waals surface area (Å²) in [4.78, 5) is 32.4. The molecule has 0 spiro atoms. The van der Waals surface area contributed by atoms with E-state index in [1.165, 1.54) is 12.4 Å². The Balaban J connectivity index is 1.83. The van der Waals surface area contributed by atoms with Gasteiger partial charge in [-0.2, -0.15) is 0 Å². The number of amides is 2. The van der Waals surface area contributed by atoms with Crippen LogP contribution in [0.25, 0.3) is 27.9 Å². The molecule has 1 aliphatic rings. The first-order valence-corrected chi connectivity index (χ1v) is 10.5. The average Bonchev–Trinajstić information content (AvgIpc) is 3.12. The van der Waals surface area contributed by atoms with E-state index in [1.807, 2.05) is 35.9 Å². The number of nitrogens with two attached hydrogens (primary N) is 1. The summed E-state index contributed by atoms with van der Waals surface area (Å²) in [7, 11) is 3.63. The molecule has 3 aromatic rings. The van der Waals surface area contributed by atoms with Gasteiger partial charge in [0.15, 0.2) is 0 Å². The van der Waals surface area contributed by atoms with Crippen LogP contribution < -0.4 is 16.4 Å². The van der Waals surface area contributed by atoms with Crippen molar-refractivity contribution in [2.24, 2.45) is 13.0 Å². The molecule has 164 valence electrons. The van der Waals surface area contributed by atoms with Gasteiger partial charge in [0.2, 0.25) is 11.8 Å². The van der Waals surface area contributed by atoms with Crippen LogP contribution >= 0.6 is 0 Å². The minimum absolute atomic E-state index is 0.0245. The zero-order valence-corrected chi connectivity index (χ0v) is 18.2. The molecule has 2 amide bonds. The highest BCUT2D eigenvalue weighted by molar-refractivity contribution is 6.04. The SMILES string of the molecule is C=CC(=O)Nc1ccc(-c2c(C3=CCC(C(=O)NC)CC3)c3c(N)ncnc3n2C)cc1. The Morgan fingerprint density at radius 1 is 1.25 bits per heavy atom. The van der Waals surface area contributed by atoms with E-state index in [0.29, 0.717) is 17.9 Å². The van der Waals surface area contributed by atoms with E-state index in [-0.39, 0.29) is 17.7 Å². The highest BCUT2D eigenvalue weighted by Gasteiger charge is 2.27. The van der Waals surface area contributed by atoms with Crippen LogP contribution in [-0.4, -0.2) is 33.4 Å². The third-order valence-electron chi connectivity index (χ3n) is 5.96. The lowest BCUT2D eigenvalue weighted by atomic mass is 9.84. The summed E-state index contributed by atoms with van der Waals surface area (Å²) in [5.41, 5.74) is 11.8. The summed E-state index contributed by atoms with van der Waals surface area (Å²) in [6, 6.07) is 7.61. The molecular weight excluding hydrogens is 404 g/mol. The van der Waals surface area contributed by atoms with E-state index in [2.05, 4.69) is 33.3 Å². The number of hydrogen-bond acceptors (Lipinski definition) is 5. The van der Waals surface area contributed by atoms with Gasteiger partial charge in [-0.25, -0.2) is 9.97 Å². The van der Waals surface area contributed by atoms with E-state index in [1.54, 1.807) is 7.05 Å². The van der Waals surface area contributed by atoms with Crippen molar-refractivity contribution >= 4 is 39.9 Å². The van der Waals surface area contributed by atoms with Crippen molar-refractivity contribution < 1.29 is 9.59 Å². The van der Waals surface area contributed by atoms with Crippen LogP contribution in [0.4, 0.5) is 11.5 Å². The summed E-state index contributed by atoms with van der Waals surface area (Å²) in [6.07, 6.45) is 7.03. The molecule has 1 aliphatic carbocycles. The van der Waals surface area contributed by atoms with E-state index in [0.717, 1.165) is 46.3 Å². The van der Waals surface area contributed by atoms with Crippen molar-refractivity contribution in [1.29, 1.82) is 0 Å².